The smallest absolute Gasteiger partial charge is 0.306 e. The summed E-state index contributed by atoms with van der Waals surface area (Å²) in [5.41, 5.74) is 1.74. The van der Waals surface area contributed by atoms with Gasteiger partial charge >= 0.3 is 5.97 Å². The Kier molecular flexibility index (Phi) is 6.92. The lowest BCUT2D eigenvalue weighted by Gasteiger charge is -2.33. The molecule has 2 aromatic carbocycles. The van der Waals surface area contributed by atoms with Gasteiger partial charge in [-0.15, -0.1) is 0 Å². The molecule has 0 aliphatic carbocycles. The molecule has 0 spiro atoms. The lowest BCUT2D eigenvalue weighted by atomic mass is 9.86. The monoisotopic (exact) mass is 340 g/mol. The van der Waals surface area contributed by atoms with Crippen molar-refractivity contribution in [1.29, 1.82) is 0 Å². The Bertz CT molecular complexity index is 682. The fourth-order valence-corrected chi connectivity index (χ4v) is 2.71. The molecule has 0 saturated carbocycles. The van der Waals surface area contributed by atoms with Crippen LogP contribution >= 0.6 is 0 Å². The minimum absolute atomic E-state index is 0.0101. The molecule has 2 aromatic rings. The van der Waals surface area contributed by atoms with E-state index in [2.05, 4.69) is 0 Å². The van der Waals surface area contributed by atoms with Gasteiger partial charge in [-0.05, 0) is 24.1 Å². The van der Waals surface area contributed by atoms with Crippen LogP contribution in [-0.2, 0) is 14.3 Å². The van der Waals surface area contributed by atoms with Crippen LogP contribution in [0.5, 0.6) is 0 Å². The van der Waals surface area contributed by atoms with E-state index in [1.165, 1.54) is 7.11 Å². The van der Waals surface area contributed by atoms with Crippen LogP contribution in [0, 0.1) is 0 Å². The Balaban J connectivity index is 2.39. The third-order valence-corrected chi connectivity index (χ3v) is 3.99. The van der Waals surface area contributed by atoms with Crippen molar-refractivity contribution >= 4 is 12.0 Å². The van der Waals surface area contributed by atoms with Crippen LogP contribution in [0.1, 0.15) is 30.4 Å². The summed E-state index contributed by atoms with van der Waals surface area (Å²) >= 11 is 0. The third kappa shape index (κ3) is 5.28. The summed E-state index contributed by atoms with van der Waals surface area (Å²) in [4.78, 5) is 11.9. The highest BCUT2D eigenvalue weighted by molar-refractivity contribution is 5.71. The van der Waals surface area contributed by atoms with E-state index < -0.39 is 17.7 Å². The number of methoxy groups -OCH3 is 1. The highest BCUT2D eigenvalue weighted by atomic mass is 16.6. The van der Waals surface area contributed by atoms with E-state index >= 15 is 0 Å². The normalized spacial score (nSPS) is 14.8. The summed E-state index contributed by atoms with van der Waals surface area (Å²) in [5, 5.41) is 11.2. The first-order valence-electron chi connectivity index (χ1n) is 8.31. The third-order valence-electron chi connectivity index (χ3n) is 3.99. The largest absolute Gasteiger partial charge is 0.469 e. The lowest BCUT2D eigenvalue weighted by Crippen LogP contribution is -2.38. The summed E-state index contributed by atoms with van der Waals surface area (Å²) in [7, 11) is 1.34. The lowest BCUT2D eigenvalue weighted by molar-refractivity contribution is -0.184. The molecule has 0 amide bonds. The summed E-state index contributed by atoms with van der Waals surface area (Å²) in [6, 6.07) is 19.0. The average molecular weight is 340 g/mol. The molecule has 2 atom stereocenters. The number of benzene rings is 2. The van der Waals surface area contributed by atoms with Crippen molar-refractivity contribution in [3.8, 4) is 0 Å². The molecule has 0 heterocycles. The van der Waals surface area contributed by atoms with E-state index in [1.807, 2.05) is 67.6 Å². The maximum absolute atomic E-state index is 11.9. The van der Waals surface area contributed by atoms with Gasteiger partial charge < -0.3 is 14.6 Å². The Morgan fingerprint density at radius 1 is 1.12 bits per heavy atom. The average Bonchev–Trinajstić information content (AvgIpc) is 2.66. The number of esters is 1. The first-order chi connectivity index (χ1) is 12.1. The number of carbonyl (C=O) groups excluding carboxylic acids is 1. The van der Waals surface area contributed by atoms with Crippen LogP contribution in [0.2, 0.25) is 0 Å². The molecule has 2 unspecified atom stereocenters. The highest BCUT2D eigenvalue weighted by Gasteiger charge is 2.38. The molecule has 0 fully saturated rings. The van der Waals surface area contributed by atoms with Crippen LogP contribution in [0.3, 0.4) is 0 Å². The van der Waals surface area contributed by atoms with Gasteiger partial charge in [0.15, 0.2) is 5.79 Å². The van der Waals surface area contributed by atoms with E-state index in [4.69, 9.17) is 9.47 Å². The molecule has 1 N–H and O–H groups in total. The molecule has 2 rings (SSSR count). The van der Waals surface area contributed by atoms with Crippen LogP contribution in [0.25, 0.3) is 6.08 Å². The van der Waals surface area contributed by atoms with E-state index in [-0.39, 0.29) is 6.42 Å². The summed E-state index contributed by atoms with van der Waals surface area (Å²) in [5.74, 6) is -2.61. The summed E-state index contributed by atoms with van der Waals surface area (Å²) in [6.45, 7) is 2.11. The molecule has 4 nitrogen and oxygen atoms in total. The Morgan fingerprint density at radius 3 is 2.28 bits per heavy atom. The molecular weight excluding hydrogens is 316 g/mol. The zero-order chi connectivity index (χ0) is 18.1. The SMILES string of the molecule is CCOC(O)(/C=C/c1ccccc1)C(CC(=O)OC)c1ccccc1. The molecular formula is C21H24O4. The molecule has 132 valence electrons. The maximum atomic E-state index is 11.9. The standard InChI is InChI=1S/C21H24O4/c1-3-25-21(23,15-14-17-10-6-4-7-11-17)19(16-20(22)24-2)18-12-8-5-9-13-18/h4-15,19,23H,3,16H2,1-2H3/b15-14+. The van der Waals surface area contributed by atoms with E-state index in [0.717, 1.165) is 11.1 Å². The van der Waals surface area contributed by atoms with Crippen molar-refractivity contribution in [1.82, 2.24) is 0 Å². The zero-order valence-corrected chi connectivity index (χ0v) is 14.6. The first kappa shape index (κ1) is 18.9. The summed E-state index contributed by atoms with van der Waals surface area (Å²) in [6.07, 6.45) is 3.41. The quantitative estimate of drug-likeness (QED) is 0.587. The van der Waals surface area contributed by atoms with Gasteiger partial charge in [0.25, 0.3) is 0 Å². The molecule has 0 aliphatic heterocycles. The van der Waals surface area contributed by atoms with E-state index in [1.54, 1.807) is 12.2 Å². The molecule has 0 saturated heterocycles. The van der Waals surface area contributed by atoms with Gasteiger partial charge in [0, 0.05) is 6.61 Å². The molecule has 4 heteroatoms. The second-order valence-corrected chi connectivity index (χ2v) is 5.67. The number of rotatable bonds is 8. The molecule has 0 radical (unpaired) electrons. The van der Waals surface area contributed by atoms with Crippen molar-refractivity contribution in [3.63, 3.8) is 0 Å². The van der Waals surface area contributed by atoms with Crippen LogP contribution in [0.4, 0.5) is 0 Å². The van der Waals surface area contributed by atoms with Crippen molar-refractivity contribution in [2.45, 2.75) is 25.0 Å². The van der Waals surface area contributed by atoms with E-state index in [0.29, 0.717) is 6.61 Å². The predicted molar refractivity (Wildman–Crippen MR) is 97.9 cm³/mol. The minimum atomic E-state index is -1.62. The van der Waals surface area contributed by atoms with E-state index in [9.17, 15) is 9.90 Å². The maximum Gasteiger partial charge on any atom is 0.306 e. The second kappa shape index (κ2) is 9.16. The topological polar surface area (TPSA) is 55.8 Å². The number of hydrogen-bond donors (Lipinski definition) is 1. The zero-order valence-electron chi connectivity index (χ0n) is 14.6. The number of ether oxygens (including phenoxy) is 2. The van der Waals surface area contributed by atoms with Crippen molar-refractivity contribution in [2.24, 2.45) is 0 Å². The molecule has 25 heavy (non-hydrogen) atoms. The van der Waals surface area contributed by atoms with Crippen molar-refractivity contribution < 1.29 is 19.4 Å². The predicted octanol–water partition coefficient (Wildman–Crippen LogP) is 3.77. The second-order valence-electron chi connectivity index (χ2n) is 5.67. The first-order valence-corrected chi connectivity index (χ1v) is 8.31. The van der Waals surface area contributed by atoms with Gasteiger partial charge in [-0.2, -0.15) is 0 Å². The van der Waals surface area contributed by atoms with Crippen LogP contribution in [-0.4, -0.2) is 30.6 Å². The fourth-order valence-electron chi connectivity index (χ4n) is 2.71. The van der Waals surface area contributed by atoms with Gasteiger partial charge in [0.05, 0.1) is 19.4 Å². The van der Waals surface area contributed by atoms with Gasteiger partial charge in [0.2, 0.25) is 0 Å². The molecule has 0 bridgehead atoms. The Labute approximate surface area is 148 Å². The minimum Gasteiger partial charge on any atom is -0.469 e. The van der Waals surface area contributed by atoms with Gasteiger partial charge in [-0.1, -0.05) is 66.7 Å². The number of aliphatic hydroxyl groups is 1. The molecule has 0 aromatic heterocycles. The van der Waals surface area contributed by atoms with Crippen LogP contribution < -0.4 is 0 Å². The fraction of sp³-hybridized carbons (Fsp3) is 0.286. The van der Waals surface area contributed by atoms with Crippen molar-refractivity contribution in [2.75, 3.05) is 13.7 Å². The number of hydrogen-bond acceptors (Lipinski definition) is 4. The highest BCUT2D eigenvalue weighted by Crippen LogP contribution is 2.35. The Hall–Kier alpha value is -2.43. The van der Waals surface area contributed by atoms with Gasteiger partial charge in [-0.25, -0.2) is 0 Å². The van der Waals surface area contributed by atoms with Crippen molar-refractivity contribution in [3.05, 3.63) is 77.9 Å². The summed E-state index contributed by atoms with van der Waals surface area (Å²) < 4.78 is 10.5. The Morgan fingerprint density at radius 2 is 1.72 bits per heavy atom. The van der Waals surface area contributed by atoms with Crippen LogP contribution in [0.15, 0.2) is 66.7 Å². The molecule has 0 aliphatic rings. The van der Waals surface area contributed by atoms with Gasteiger partial charge in [0.1, 0.15) is 0 Å². The van der Waals surface area contributed by atoms with Gasteiger partial charge in [-0.3, -0.25) is 4.79 Å². The number of carbonyl (C=O) groups is 1.